The van der Waals surface area contributed by atoms with Gasteiger partial charge < -0.3 is 34.3 Å². The molecule has 16 nitrogen and oxygen atoms in total. The number of H-pyrrole nitrogens is 1. The first-order valence-corrected chi connectivity index (χ1v) is 26.2. The first-order chi connectivity index (χ1) is 32.4. The van der Waals surface area contributed by atoms with Crippen molar-refractivity contribution < 1.29 is 32.3 Å². The number of carbonyl (C=O) groups is 1. The molecule has 68 heavy (non-hydrogen) atoms. The number of fused-ring (bicyclic) bond motifs is 3. The number of anilines is 4. The number of amides is 1. The van der Waals surface area contributed by atoms with E-state index in [-0.39, 0.29) is 35.6 Å². The maximum Gasteiger partial charge on any atom is 0.293 e. The van der Waals surface area contributed by atoms with Crippen molar-refractivity contribution in [3.05, 3.63) is 92.3 Å². The van der Waals surface area contributed by atoms with E-state index in [1.165, 1.54) is 49.9 Å². The van der Waals surface area contributed by atoms with Crippen molar-refractivity contribution in [2.45, 2.75) is 100 Å². The minimum absolute atomic E-state index is 0. The molecular formula is C49H59ClN8O8S2. The molecule has 1 spiro atoms. The maximum atomic E-state index is 14.6. The van der Waals surface area contributed by atoms with Crippen molar-refractivity contribution in [1.82, 2.24) is 19.6 Å². The summed E-state index contributed by atoms with van der Waals surface area (Å²) in [5.74, 6) is 0.311. The second-order valence-corrected chi connectivity index (χ2v) is 22.3. The highest BCUT2D eigenvalue weighted by Crippen LogP contribution is 2.55. The number of sulfonamides is 1. The van der Waals surface area contributed by atoms with Crippen LogP contribution in [0.25, 0.3) is 11.0 Å². The van der Waals surface area contributed by atoms with Gasteiger partial charge >= 0.3 is 0 Å². The lowest BCUT2D eigenvalue weighted by molar-refractivity contribution is -0.384. The lowest BCUT2D eigenvalue weighted by Crippen LogP contribution is -2.54. The van der Waals surface area contributed by atoms with Crippen LogP contribution >= 0.6 is 23.7 Å². The van der Waals surface area contributed by atoms with Gasteiger partial charge in [0.2, 0.25) is 5.88 Å². The number of benzene rings is 2. The molecule has 1 saturated carbocycles. The second-order valence-electron chi connectivity index (χ2n) is 19.7. The molecule has 362 valence electrons. The lowest BCUT2D eigenvalue weighted by atomic mass is 9.60. The highest BCUT2D eigenvalue weighted by Gasteiger charge is 2.50. The summed E-state index contributed by atoms with van der Waals surface area (Å²) in [5.41, 5.74) is 4.44. The van der Waals surface area contributed by atoms with Gasteiger partial charge in [0.1, 0.15) is 23.1 Å². The van der Waals surface area contributed by atoms with Crippen LogP contribution in [0.3, 0.4) is 0 Å². The number of carbonyl (C=O) groups excluding carboxylic acids is 1. The number of nitro benzene ring substituents is 1. The third-order valence-electron chi connectivity index (χ3n) is 15.4. The van der Waals surface area contributed by atoms with Gasteiger partial charge in [-0.15, -0.1) is 23.7 Å². The van der Waals surface area contributed by atoms with Crippen molar-refractivity contribution in [1.29, 1.82) is 0 Å². The van der Waals surface area contributed by atoms with Crippen molar-refractivity contribution in [3.8, 4) is 5.88 Å². The highest BCUT2D eigenvalue weighted by atomic mass is 35.5. The van der Waals surface area contributed by atoms with Crippen LogP contribution in [0, 0.1) is 21.4 Å². The molecular weight excluding hydrogens is 928 g/mol. The third kappa shape index (κ3) is 8.69. The quantitative estimate of drug-likeness (QED) is 0.0796. The SMILES string of the molecule is CC(C)c1ccsc1[C@@H]1CCCN1C1CC2(CCN(c3ccc(C(=O)NS(=O)(=O)c4ccc(NCC5CCOCC5)c([N+](=O)[O-])c4)c(N4c5cc6cc[nH]c6nc5O[C@@H]5COC[C@H]54)c3)CC2)C1.Cl. The molecule has 19 heteroatoms. The molecule has 6 aliphatic rings. The zero-order valence-corrected chi connectivity index (χ0v) is 40.8. The fourth-order valence-electron chi connectivity index (χ4n) is 11.7. The van der Waals surface area contributed by atoms with E-state index in [4.69, 9.17) is 19.2 Å². The first kappa shape index (κ1) is 46.7. The summed E-state index contributed by atoms with van der Waals surface area (Å²) in [6, 6.07) is 16.2. The van der Waals surface area contributed by atoms with Crippen LogP contribution < -0.4 is 24.6 Å². The minimum atomic E-state index is -4.58. The van der Waals surface area contributed by atoms with Crippen molar-refractivity contribution in [2.24, 2.45) is 11.3 Å². The standard InChI is InChI=1S/C49H58N8O8S2.ClH/c1-30(2)36-12-21-66-45(36)39-4-3-16-55(39)34-25-49(26-34)13-17-54(18-14-49)33-5-7-37(40(23-33)56-42-22-32-9-15-50-46(32)52-48(42)65-44-29-64-28-43(44)56)47(58)53-67(61,62)35-6-8-38(41(24-35)57(59)60)51-27-31-10-19-63-20-11-31;/h5-9,12,15,21-24,30-31,34,39,43-44,51H,3-4,10-11,13-14,16-20,25-29H2,1-2H3,(H,50,52)(H,53,58);1H/t39-,43+,44+;/m0./s1. The Morgan fingerprint density at radius 1 is 1.00 bits per heavy atom. The number of piperidine rings is 1. The van der Waals surface area contributed by atoms with Crippen LogP contribution in [-0.2, 0) is 19.5 Å². The predicted molar refractivity (Wildman–Crippen MR) is 265 cm³/mol. The monoisotopic (exact) mass is 986 g/mol. The van der Waals surface area contributed by atoms with E-state index in [9.17, 15) is 23.3 Å². The number of nitrogens with zero attached hydrogens (tertiary/aromatic N) is 5. The van der Waals surface area contributed by atoms with E-state index in [0.717, 1.165) is 55.9 Å². The molecule has 0 unspecified atom stereocenters. The highest BCUT2D eigenvalue weighted by molar-refractivity contribution is 7.90. The zero-order valence-electron chi connectivity index (χ0n) is 38.4. The molecule has 1 aliphatic carbocycles. The average molecular weight is 988 g/mol. The number of nitro groups is 1. The van der Waals surface area contributed by atoms with Crippen LogP contribution in [0.4, 0.5) is 28.4 Å². The van der Waals surface area contributed by atoms with Gasteiger partial charge in [-0.25, -0.2) is 13.1 Å². The number of aromatic nitrogens is 2. The molecule has 5 aromatic rings. The van der Waals surface area contributed by atoms with E-state index in [1.807, 2.05) is 46.7 Å². The van der Waals surface area contributed by atoms with Crippen molar-refractivity contribution >= 4 is 79.1 Å². The zero-order chi connectivity index (χ0) is 46.0. The molecule has 2 aromatic carbocycles. The number of hydrogen-bond acceptors (Lipinski definition) is 14. The summed E-state index contributed by atoms with van der Waals surface area (Å²) in [4.78, 5) is 42.6. The van der Waals surface area contributed by atoms with Crippen LogP contribution in [0.1, 0.15) is 98.0 Å². The summed E-state index contributed by atoms with van der Waals surface area (Å²) in [6.45, 7) is 9.87. The molecule has 3 atom stereocenters. The van der Waals surface area contributed by atoms with Gasteiger partial charge in [-0.2, -0.15) is 4.98 Å². The van der Waals surface area contributed by atoms with Gasteiger partial charge in [-0.3, -0.25) is 19.8 Å². The normalized spacial score (nSPS) is 23.0. The van der Waals surface area contributed by atoms with E-state index < -0.39 is 37.5 Å². The lowest BCUT2D eigenvalue weighted by Gasteiger charge is -2.56. The van der Waals surface area contributed by atoms with Crippen LogP contribution in [0.2, 0.25) is 0 Å². The topological polar surface area (TPSA) is 184 Å². The maximum absolute atomic E-state index is 14.6. The fourth-order valence-corrected chi connectivity index (χ4v) is 13.9. The Morgan fingerprint density at radius 3 is 2.59 bits per heavy atom. The van der Waals surface area contributed by atoms with E-state index in [1.54, 1.807) is 10.9 Å². The third-order valence-corrected chi connectivity index (χ3v) is 17.8. The summed E-state index contributed by atoms with van der Waals surface area (Å²) >= 11 is 1.93. The molecule has 3 N–H and O–H groups in total. The molecule has 0 bridgehead atoms. The number of likely N-dealkylation sites (tertiary alicyclic amines) is 1. The Morgan fingerprint density at radius 2 is 1.81 bits per heavy atom. The summed E-state index contributed by atoms with van der Waals surface area (Å²) in [7, 11) is -4.58. The Hall–Kier alpha value is -4.98. The average Bonchev–Trinajstić information content (AvgIpc) is 4.16. The minimum Gasteiger partial charge on any atom is -0.468 e. The molecule has 3 aromatic heterocycles. The summed E-state index contributed by atoms with van der Waals surface area (Å²) < 4.78 is 48.2. The molecule has 1 amide bonds. The molecule has 0 radical (unpaired) electrons. The summed E-state index contributed by atoms with van der Waals surface area (Å²) in [5, 5.41) is 18.5. The van der Waals surface area contributed by atoms with Gasteiger partial charge in [-0.1, -0.05) is 13.8 Å². The summed E-state index contributed by atoms with van der Waals surface area (Å²) in [6.07, 6.45) is 10.1. The fraction of sp³-hybridized carbons (Fsp3) is 0.510. The predicted octanol–water partition coefficient (Wildman–Crippen LogP) is 8.92. The van der Waals surface area contributed by atoms with Gasteiger partial charge in [-0.05, 0) is 135 Å². The Kier molecular flexibility index (Phi) is 12.9. The van der Waals surface area contributed by atoms with Crippen LogP contribution in [0.15, 0.2) is 71.1 Å². The van der Waals surface area contributed by atoms with Gasteiger partial charge in [0.05, 0.1) is 40.3 Å². The number of ether oxygens (including phenoxy) is 3. The Bertz CT molecular complexity index is 2800. The van der Waals surface area contributed by atoms with Gasteiger partial charge in [0, 0.05) is 73.1 Å². The van der Waals surface area contributed by atoms with Crippen LogP contribution in [0.5, 0.6) is 5.88 Å². The molecule has 11 rings (SSSR count). The Labute approximate surface area is 406 Å². The number of pyridine rings is 1. The van der Waals surface area contributed by atoms with Gasteiger partial charge in [0.15, 0.2) is 0 Å². The molecule has 4 saturated heterocycles. The molecule has 5 aliphatic heterocycles. The van der Waals surface area contributed by atoms with Crippen molar-refractivity contribution in [2.75, 3.05) is 67.7 Å². The van der Waals surface area contributed by atoms with E-state index in [0.29, 0.717) is 79.3 Å². The number of hydrogen-bond donors (Lipinski definition) is 3. The Balaban J connectivity index is 0.00000539. The van der Waals surface area contributed by atoms with Crippen LogP contribution in [-0.4, -0.2) is 105 Å². The van der Waals surface area contributed by atoms with Crippen molar-refractivity contribution in [3.63, 3.8) is 0 Å². The van der Waals surface area contributed by atoms with E-state index in [2.05, 4.69) is 50.1 Å². The van der Waals surface area contributed by atoms with Gasteiger partial charge in [0.25, 0.3) is 21.6 Å². The number of halogens is 1. The molecule has 5 fully saturated rings. The number of thiophene rings is 1. The smallest absolute Gasteiger partial charge is 0.293 e. The largest absolute Gasteiger partial charge is 0.468 e. The number of rotatable bonds is 12. The van der Waals surface area contributed by atoms with E-state index >= 15 is 0 Å². The number of aromatic amines is 1. The number of nitrogens with one attached hydrogen (secondary N) is 3. The molecule has 8 heterocycles. The second kappa shape index (κ2) is 18.7. The first-order valence-electron chi connectivity index (χ1n) is 23.8.